The highest BCUT2D eigenvalue weighted by Crippen LogP contribution is 2.32. The molecule has 1 heteroatoms. The van der Waals surface area contributed by atoms with Gasteiger partial charge in [0.2, 0.25) is 0 Å². The number of alkyl halides is 1. The second-order valence-electron chi connectivity index (χ2n) is 5.46. The molecule has 0 aliphatic heterocycles. The summed E-state index contributed by atoms with van der Waals surface area (Å²) in [4.78, 5) is 0. The molecule has 0 saturated carbocycles. The SMILES string of the molecule is CCc1ccc(C(Cl)c2ccc(C)cc2C)cc1CC. The molecule has 0 N–H and O–H groups in total. The second-order valence-corrected chi connectivity index (χ2v) is 5.89. The van der Waals surface area contributed by atoms with Crippen molar-refractivity contribution in [1.29, 1.82) is 0 Å². The van der Waals surface area contributed by atoms with E-state index < -0.39 is 0 Å². The first kappa shape index (κ1) is 15.1. The summed E-state index contributed by atoms with van der Waals surface area (Å²) in [6.45, 7) is 8.67. The van der Waals surface area contributed by atoms with Crippen molar-refractivity contribution in [2.45, 2.75) is 45.9 Å². The van der Waals surface area contributed by atoms with E-state index in [2.05, 4.69) is 64.1 Å². The van der Waals surface area contributed by atoms with Gasteiger partial charge in [0.25, 0.3) is 0 Å². The van der Waals surface area contributed by atoms with Gasteiger partial charge >= 0.3 is 0 Å². The molecule has 2 aromatic rings. The Bertz CT molecular complexity index is 599. The lowest BCUT2D eigenvalue weighted by molar-refractivity contribution is 1.01. The van der Waals surface area contributed by atoms with Crippen LogP contribution in [-0.2, 0) is 12.8 Å². The van der Waals surface area contributed by atoms with Crippen molar-refractivity contribution >= 4 is 11.6 Å². The first-order valence-corrected chi connectivity index (χ1v) is 7.83. The lowest BCUT2D eigenvalue weighted by atomic mass is 9.94. The van der Waals surface area contributed by atoms with Crippen molar-refractivity contribution in [3.8, 4) is 0 Å². The summed E-state index contributed by atoms with van der Waals surface area (Å²) in [7, 11) is 0. The Hall–Kier alpha value is -1.27. The smallest absolute Gasteiger partial charge is 0.0838 e. The molecular formula is C19H23Cl. The third-order valence-electron chi connectivity index (χ3n) is 3.98. The van der Waals surface area contributed by atoms with Gasteiger partial charge in [0, 0.05) is 0 Å². The predicted octanol–water partition coefficient (Wildman–Crippen LogP) is 5.76. The molecule has 2 rings (SSSR count). The van der Waals surface area contributed by atoms with Crippen LogP contribution in [0.25, 0.3) is 0 Å². The lowest BCUT2D eigenvalue weighted by Crippen LogP contribution is -2.00. The van der Waals surface area contributed by atoms with Crippen LogP contribution >= 0.6 is 11.6 Å². The molecule has 2 aromatic carbocycles. The molecule has 106 valence electrons. The number of hydrogen-bond acceptors (Lipinski definition) is 0. The molecule has 0 bridgehead atoms. The van der Waals surface area contributed by atoms with Gasteiger partial charge in [-0.3, -0.25) is 0 Å². The number of rotatable bonds is 4. The summed E-state index contributed by atoms with van der Waals surface area (Å²) in [6, 6.07) is 13.2. The van der Waals surface area contributed by atoms with Gasteiger partial charge in [-0.15, -0.1) is 11.6 Å². The Balaban J connectivity index is 2.40. The van der Waals surface area contributed by atoms with Crippen LogP contribution < -0.4 is 0 Å². The second kappa shape index (κ2) is 6.45. The molecule has 0 saturated heterocycles. The van der Waals surface area contributed by atoms with Crippen LogP contribution in [0.2, 0.25) is 0 Å². The standard InChI is InChI=1S/C19H23Cl/c1-5-15-8-9-17(12-16(15)6-2)19(20)18-10-7-13(3)11-14(18)4/h7-12,19H,5-6H2,1-4H3. The summed E-state index contributed by atoms with van der Waals surface area (Å²) < 4.78 is 0. The Morgan fingerprint density at radius 3 is 2.20 bits per heavy atom. The normalized spacial score (nSPS) is 12.4. The van der Waals surface area contributed by atoms with Crippen molar-refractivity contribution < 1.29 is 0 Å². The molecule has 20 heavy (non-hydrogen) atoms. The zero-order valence-corrected chi connectivity index (χ0v) is 13.6. The number of halogens is 1. The summed E-state index contributed by atoms with van der Waals surface area (Å²) in [5.74, 6) is 0. The number of aryl methyl sites for hydroxylation is 4. The topological polar surface area (TPSA) is 0 Å². The fraction of sp³-hybridized carbons (Fsp3) is 0.368. The van der Waals surface area contributed by atoms with Crippen LogP contribution in [0.5, 0.6) is 0 Å². The minimum absolute atomic E-state index is 0.0631. The third-order valence-corrected chi connectivity index (χ3v) is 4.47. The molecule has 0 heterocycles. The maximum Gasteiger partial charge on any atom is 0.0838 e. The lowest BCUT2D eigenvalue weighted by Gasteiger charge is -2.16. The van der Waals surface area contributed by atoms with Gasteiger partial charge < -0.3 is 0 Å². The third kappa shape index (κ3) is 3.07. The average Bonchev–Trinajstić information content (AvgIpc) is 2.45. The van der Waals surface area contributed by atoms with Crippen molar-refractivity contribution in [3.63, 3.8) is 0 Å². The van der Waals surface area contributed by atoms with Crippen LogP contribution in [0.15, 0.2) is 36.4 Å². The van der Waals surface area contributed by atoms with E-state index in [1.54, 1.807) is 0 Å². The number of benzene rings is 2. The van der Waals surface area contributed by atoms with Crippen LogP contribution in [-0.4, -0.2) is 0 Å². The van der Waals surface area contributed by atoms with E-state index in [9.17, 15) is 0 Å². The van der Waals surface area contributed by atoms with Crippen molar-refractivity contribution in [2.24, 2.45) is 0 Å². The van der Waals surface area contributed by atoms with E-state index >= 15 is 0 Å². The van der Waals surface area contributed by atoms with E-state index in [-0.39, 0.29) is 5.38 Å². The van der Waals surface area contributed by atoms with E-state index in [1.807, 2.05) is 0 Å². The van der Waals surface area contributed by atoms with E-state index in [0.29, 0.717) is 0 Å². The zero-order valence-electron chi connectivity index (χ0n) is 12.8. The van der Waals surface area contributed by atoms with Gasteiger partial charge in [-0.05, 0) is 54.5 Å². The summed E-state index contributed by atoms with van der Waals surface area (Å²) in [5.41, 5.74) is 7.81. The van der Waals surface area contributed by atoms with Gasteiger partial charge in [0.1, 0.15) is 0 Å². The predicted molar refractivity (Wildman–Crippen MR) is 88.8 cm³/mol. The van der Waals surface area contributed by atoms with Crippen molar-refractivity contribution in [2.75, 3.05) is 0 Å². The van der Waals surface area contributed by atoms with Gasteiger partial charge in [0.05, 0.1) is 5.38 Å². The summed E-state index contributed by atoms with van der Waals surface area (Å²) in [6.07, 6.45) is 2.15. The minimum atomic E-state index is -0.0631. The molecule has 0 aliphatic carbocycles. The Morgan fingerprint density at radius 2 is 1.60 bits per heavy atom. The van der Waals surface area contributed by atoms with Crippen molar-refractivity contribution in [3.05, 3.63) is 69.8 Å². The van der Waals surface area contributed by atoms with Crippen LogP contribution in [0, 0.1) is 13.8 Å². The van der Waals surface area contributed by atoms with Crippen LogP contribution in [0.3, 0.4) is 0 Å². The zero-order chi connectivity index (χ0) is 14.7. The maximum atomic E-state index is 6.71. The van der Waals surface area contributed by atoms with Crippen LogP contribution in [0.4, 0.5) is 0 Å². The fourth-order valence-corrected chi connectivity index (χ4v) is 3.15. The summed E-state index contributed by atoms with van der Waals surface area (Å²) >= 11 is 6.71. The molecule has 0 fully saturated rings. The molecule has 0 amide bonds. The first-order valence-electron chi connectivity index (χ1n) is 7.39. The highest BCUT2D eigenvalue weighted by molar-refractivity contribution is 6.22. The van der Waals surface area contributed by atoms with Gasteiger partial charge in [-0.25, -0.2) is 0 Å². The molecule has 0 aliphatic rings. The number of hydrogen-bond donors (Lipinski definition) is 0. The van der Waals surface area contributed by atoms with Gasteiger partial charge in [-0.1, -0.05) is 55.8 Å². The molecule has 0 spiro atoms. The van der Waals surface area contributed by atoms with Crippen molar-refractivity contribution in [1.82, 2.24) is 0 Å². The van der Waals surface area contributed by atoms with Gasteiger partial charge in [-0.2, -0.15) is 0 Å². The maximum absolute atomic E-state index is 6.71. The van der Waals surface area contributed by atoms with E-state index in [4.69, 9.17) is 11.6 Å². The fourth-order valence-electron chi connectivity index (χ4n) is 2.77. The quantitative estimate of drug-likeness (QED) is 0.627. The molecule has 1 unspecified atom stereocenters. The molecule has 1 atom stereocenters. The first-order chi connectivity index (χ1) is 9.56. The molecule has 0 nitrogen and oxygen atoms in total. The highest BCUT2D eigenvalue weighted by atomic mass is 35.5. The molecular weight excluding hydrogens is 264 g/mol. The molecule has 0 aromatic heterocycles. The Kier molecular flexibility index (Phi) is 4.88. The molecule has 0 radical (unpaired) electrons. The van der Waals surface area contributed by atoms with Crippen LogP contribution in [0.1, 0.15) is 52.6 Å². The monoisotopic (exact) mass is 286 g/mol. The largest absolute Gasteiger partial charge is 0.113 e. The summed E-state index contributed by atoms with van der Waals surface area (Å²) in [5, 5.41) is -0.0631. The van der Waals surface area contributed by atoms with E-state index in [0.717, 1.165) is 12.8 Å². The van der Waals surface area contributed by atoms with Gasteiger partial charge in [0.15, 0.2) is 0 Å². The Labute approximate surface area is 127 Å². The Morgan fingerprint density at radius 1 is 0.900 bits per heavy atom. The van der Waals surface area contributed by atoms with E-state index in [1.165, 1.54) is 33.4 Å². The highest BCUT2D eigenvalue weighted by Gasteiger charge is 2.14. The average molecular weight is 287 g/mol. The minimum Gasteiger partial charge on any atom is -0.113 e.